The van der Waals surface area contributed by atoms with Crippen LogP contribution in [0.5, 0.6) is 0 Å². The lowest BCUT2D eigenvalue weighted by Gasteiger charge is -2.10. The number of primary amides is 1. The minimum Gasteiger partial charge on any atom is -0.398 e. The van der Waals surface area contributed by atoms with Crippen LogP contribution in [0.2, 0.25) is 0 Å². The molecule has 2 aromatic heterocycles. The van der Waals surface area contributed by atoms with Gasteiger partial charge >= 0.3 is 5.69 Å². The van der Waals surface area contributed by atoms with Crippen LogP contribution in [0.15, 0.2) is 36.7 Å². The third-order valence-electron chi connectivity index (χ3n) is 3.31. The monoisotopic (exact) mass is 355 g/mol. The molecule has 0 aliphatic heterocycles. The average Bonchev–Trinajstić information content (AvgIpc) is 3.07. The molecular formula is C14H13N9O3. The Hall–Kier alpha value is -4.22. The van der Waals surface area contributed by atoms with Gasteiger partial charge in [0.2, 0.25) is 11.8 Å². The van der Waals surface area contributed by atoms with Gasteiger partial charge in [0.25, 0.3) is 5.91 Å². The Kier molecular flexibility index (Phi) is 4.30. The van der Waals surface area contributed by atoms with Gasteiger partial charge in [-0.2, -0.15) is 10.1 Å². The molecule has 3 aromatic rings. The van der Waals surface area contributed by atoms with Crippen molar-refractivity contribution in [3.05, 3.63) is 52.3 Å². The number of carbonyl (C=O) groups excluding carboxylic acids is 1. The third kappa shape index (κ3) is 3.48. The van der Waals surface area contributed by atoms with E-state index in [1.165, 1.54) is 30.6 Å². The van der Waals surface area contributed by atoms with E-state index in [0.29, 0.717) is 11.5 Å². The topological polar surface area (TPSA) is 191 Å². The van der Waals surface area contributed by atoms with Crippen LogP contribution in [0, 0.1) is 10.1 Å². The number of nitrogens with one attached hydrogen (secondary N) is 3. The minimum absolute atomic E-state index is 0.0292. The summed E-state index contributed by atoms with van der Waals surface area (Å²) in [5.74, 6) is -0.156. The third-order valence-corrected chi connectivity index (χ3v) is 3.31. The zero-order valence-corrected chi connectivity index (χ0v) is 13.1. The van der Waals surface area contributed by atoms with Gasteiger partial charge in [0.1, 0.15) is 12.1 Å². The number of aromatic nitrogens is 4. The molecule has 12 heteroatoms. The first kappa shape index (κ1) is 16.6. The summed E-state index contributed by atoms with van der Waals surface area (Å²) in [4.78, 5) is 29.8. The second kappa shape index (κ2) is 6.72. The van der Waals surface area contributed by atoms with E-state index in [2.05, 4.69) is 30.8 Å². The van der Waals surface area contributed by atoms with E-state index < -0.39 is 10.8 Å². The van der Waals surface area contributed by atoms with Crippen molar-refractivity contribution < 1.29 is 9.72 Å². The maximum Gasteiger partial charge on any atom is 0.311 e. The number of rotatable bonds is 6. The number of nitrogens with zero attached hydrogens (tertiary/aromatic N) is 4. The number of anilines is 5. The van der Waals surface area contributed by atoms with Gasteiger partial charge in [-0.25, -0.2) is 10.1 Å². The van der Waals surface area contributed by atoms with Gasteiger partial charge in [-0.1, -0.05) is 0 Å². The van der Waals surface area contributed by atoms with Crippen molar-refractivity contribution in [2.24, 2.45) is 5.73 Å². The summed E-state index contributed by atoms with van der Waals surface area (Å²) in [6.07, 6.45) is 1.25. The van der Waals surface area contributed by atoms with Crippen LogP contribution in [0.1, 0.15) is 10.4 Å². The summed E-state index contributed by atoms with van der Waals surface area (Å²) in [6, 6.07) is 7.28. The Morgan fingerprint density at radius 2 is 2.04 bits per heavy atom. The summed E-state index contributed by atoms with van der Waals surface area (Å²) in [6.45, 7) is 0. The summed E-state index contributed by atoms with van der Waals surface area (Å²) >= 11 is 0. The highest BCUT2D eigenvalue weighted by atomic mass is 16.6. The van der Waals surface area contributed by atoms with Gasteiger partial charge in [-0.05, 0) is 24.3 Å². The van der Waals surface area contributed by atoms with Crippen molar-refractivity contribution in [1.29, 1.82) is 0 Å². The summed E-state index contributed by atoms with van der Waals surface area (Å²) in [7, 11) is 0. The number of aromatic amines is 1. The number of pyridine rings is 1. The molecule has 3 rings (SSSR count). The highest BCUT2D eigenvalue weighted by Gasteiger charge is 2.17. The summed E-state index contributed by atoms with van der Waals surface area (Å²) in [5, 5.41) is 23.0. The molecule has 0 bridgehead atoms. The average molecular weight is 355 g/mol. The highest BCUT2D eigenvalue weighted by molar-refractivity contribution is 5.98. The molecule has 26 heavy (non-hydrogen) atoms. The van der Waals surface area contributed by atoms with Crippen LogP contribution in [0.3, 0.4) is 0 Å². The van der Waals surface area contributed by atoms with Crippen molar-refractivity contribution in [3.8, 4) is 0 Å². The number of nitrogen functional groups attached to an aromatic ring is 1. The van der Waals surface area contributed by atoms with Crippen LogP contribution < -0.4 is 22.1 Å². The molecule has 0 unspecified atom stereocenters. The Balaban J connectivity index is 1.89. The normalized spacial score (nSPS) is 10.3. The standard InChI is InChI=1S/C14H13N9O3/c15-9-5-7(1-2-8(9)12(16)24)19-11-4-3-10(23(25)26)13(20-11)21-14-17-6-18-22-14/h1-6H,15H2,(H2,16,24)(H3,17,18,19,20,21,22). The molecule has 0 radical (unpaired) electrons. The van der Waals surface area contributed by atoms with E-state index in [1.807, 2.05) is 0 Å². The molecule has 2 heterocycles. The Morgan fingerprint density at radius 3 is 2.65 bits per heavy atom. The van der Waals surface area contributed by atoms with Crippen LogP contribution in [0.25, 0.3) is 0 Å². The number of hydrogen-bond acceptors (Lipinski definition) is 9. The quantitative estimate of drug-likeness (QED) is 0.246. The second-order valence-corrected chi connectivity index (χ2v) is 5.07. The molecule has 0 aliphatic rings. The molecule has 1 amide bonds. The van der Waals surface area contributed by atoms with Gasteiger partial charge in [-0.3, -0.25) is 14.9 Å². The number of amides is 1. The fraction of sp³-hybridized carbons (Fsp3) is 0. The molecule has 0 spiro atoms. The Morgan fingerprint density at radius 1 is 1.23 bits per heavy atom. The molecule has 132 valence electrons. The molecule has 1 aromatic carbocycles. The molecule has 0 fully saturated rings. The number of hydrogen-bond donors (Lipinski definition) is 5. The molecule has 0 saturated heterocycles. The fourth-order valence-electron chi connectivity index (χ4n) is 2.15. The summed E-state index contributed by atoms with van der Waals surface area (Å²) in [5.41, 5.74) is 11.7. The van der Waals surface area contributed by atoms with Gasteiger partial charge in [0, 0.05) is 17.4 Å². The molecule has 7 N–H and O–H groups in total. The molecule has 0 aliphatic carbocycles. The van der Waals surface area contributed by atoms with Gasteiger partial charge < -0.3 is 22.1 Å². The number of nitrogens with two attached hydrogens (primary N) is 2. The van der Waals surface area contributed by atoms with E-state index in [-0.39, 0.29) is 28.7 Å². The van der Waals surface area contributed by atoms with Crippen molar-refractivity contribution >= 4 is 40.6 Å². The molecule has 0 saturated carbocycles. The van der Waals surface area contributed by atoms with E-state index in [9.17, 15) is 14.9 Å². The number of nitro groups is 1. The number of benzene rings is 1. The highest BCUT2D eigenvalue weighted by Crippen LogP contribution is 2.28. The predicted molar refractivity (Wildman–Crippen MR) is 93.2 cm³/mol. The zero-order valence-electron chi connectivity index (χ0n) is 13.1. The first-order valence-corrected chi connectivity index (χ1v) is 7.18. The van der Waals surface area contributed by atoms with Crippen LogP contribution >= 0.6 is 0 Å². The molecule has 0 atom stereocenters. The minimum atomic E-state index is -0.638. The maximum absolute atomic E-state index is 11.2. The zero-order chi connectivity index (χ0) is 18.7. The van der Waals surface area contributed by atoms with Gasteiger partial charge in [0.15, 0.2) is 0 Å². The van der Waals surface area contributed by atoms with Crippen molar-refractivity contribution in [2.45, 2.75) is 0 Å². The first-order chi connectivity index (χ1) is 12.4. The molecular weight excluding hydrogens is 342 g/mol. The van der Waals surface area contributed by atoms with Crippen LogP contribution in [-0.4, -0.2) is 31.0 Å². The Labute approximate surface area is 145 Å². The second-order valence-electron chi connectivity index (χ2n) is 5.07. The van der Waals surface area contributed by atoms with E-state index in [0.717, 1.165) is 0 Å². The largest absolute Gasteiger partial charge is 0.398 e. The van der Waals surface area contributed by atoms with Crippen LogP contribution in [0.4, 0.5) is 34.6 Å². The van der Waals surface area contributed by atoms with Crippen molar-refractivity contribution in [2.75, 3.05) is 16.4 Å². The maximum atomic E-state index is 11.2. The van der Waals surface area contributed by atoms with Crippen molar-refractivity contribution in [3.63, 3.8) is 0 Å². The number of carbonyl (C=O) groups is 1. The Bertz CT molecular complexity index is 972. The SMILES string of the molecule is NC(=O)c1ccc(Nc2ccc([N+](=O)[O-])c(Nc3ncn[nH]3)n2)cc1N. The fourth-order valence-corrected chi connectivity index (χ4v) is 2.15. The van der Waals surface area contributed by atoms with Gasteiger partial charge in [-0.15, -0.1) is 0 Å². The lowest BCUT2D eigenvalue weighted by molar-refractivity contribution is -0.384. The van der Waals surface area contributed by atoms with E-state index >= 15 is 0 Å². The predicted octanol–water partition coefficient (Wildman–Crippen LogP) is 1.28. The van der Waals surface area contributed by atoms with Crippen molar-refractivity contribution in [1.82, 2.24) is 20.2 Å². The summed E-state index contributed by atoms with van der Waals surface area (Å²) < 4.78 is 0. The van der Waals surface area contributed by atoms with E-state index in [1.54, 1.807) is 6.07 Å². The van der Waals surface area contributed by atoms with E-state index in [4.69, 9.17) is 11.5 Å². The smallest absolute Gasteiger partial charge is 0.311 e. The lowest BCUT2D eigenvalue weighted by atomic mass is 10.1. The van der Waals surface area contributed by atoms with Crippen LogP contribution in [-0.2, 0) is 0 Å². The van der Waals surface area contributed by atoms with Gasteiger partial charge in [0.05, 0.1) is 10.5 Å². The molecule has 12 nitrogen and oxygen atoms in total. The lowest BCUT2D eigenvalue weighted by Crippen LogP contribution is -2.13. The first-order valence-electron chi connectivity index (χ1n) is 7.18. The number of H-pyrrole nitrogens is 1.